The van der Waals surface area contributed by atoms with Crippen molar-refractivity contribution in [2.24, 2.45) is 0 Å². The van der Waals surface area contributed by atoms with E-state index in [-0.39, 0.29) is 22.4 Å². The summed E-state index contributed by atoms with van der Waals surface area (Å²) in [6.07, 6.45) is 0. The van der Waals surface area contributed by atoms with Gasteiger partial charge in [-0.05, 0) is 0 Å². The Morgan fingerprint density at radius 3 is 0.455 bits per heavy atom. The predicted octanol–water partition coefficient (Wildman–Crippen LogP) is -5.22. The Balaban J connectivity index is -0.000000107. The Bertz CT molecular complexity index is 55.1. The van der Waals surface area contributed by atoms with Crippen molar-refractivity contribution in [3.8, 4) is 0 Å². The minimum absolute atomic E-state index is 0. The zero-order valence-electron chi connectivity index (χ0n) is 4.88. The molecule has 0 saturated heterocycles. The van der Waals surface area contributed by atoms with Gasteiger partial charge in [-0.25, -0.2) is 0 Å². The van der Waals surface area contributed by atoms with Crippen molar-refractivity contribution in [3.05, 3.63) is 0 Å². The van der Waals surface area contributed by atoms with Gasteiger partial charge in [-0.1, -0.05) is 0 Å². The first-order chi connectivity index (χ1) is 4.00. The van der Waals surface area contributed by atoms with Gasteiger partial charge in [0, 0.05) is 22.4 Å². The summed E-state index contributed by atoms with van der Waals surface area (Å²) >= 11 is 0. The number of rotatable bonds is 0. The average Bonchev–Trinajstić information content (AvgIpc) is 1.12. The third-order valence-electron chi connectivity index (χ3n) is 0. The molecule has 0 aliphatic heterocycles. The maximum absolute atomic E-state index is 7.33. The Kier molecular flexibility index (Phi) is 10.3. The molecule has 0 heterocycles. The molecule has 11 heteroatoms. The minimum atomic E-state index is -4.61. The Hall–Kier alpha value is 0.854. The summed E-state index contributed by atoms with van der Waals surface area (Å²) < 4.78 is 0. The summed E-state index contributed by atoms with van der Waals surface area (Å²) in [5.41, 5.74) is 0. The van der Waals surface area contributed by atoms with Crippen molar-refractivity contribution in [3.63, 3.8) is 0 Å². The fourth-order valence-corrected chi connectivity index (χ4v) is 0. The first kappa shape index (κ1) is 17.8. The first-order valence-corrected chi connectivity index (χ1v) is 5.37. The predicted molar refractivity (Wildman–Crippen MR) is 29.3 cm³/mol. The topological polar surface area (TPSA) is 162 Å². The fraction of sp³-hybridized carbons (Fsp3) is 0. The van der Waals surface area contributed by atoms with Gasteiger partial charge in [-0.15, -0.1) is 0 Å². The third-order valence-corrected chi connectivity index (χ3v) is 0. The van der Waals surface area contributed by atoms with Gasteiger partial charge in [0.05, 0.1) is 0 Å². The molecule has 0 rings (SSSR count). The quantitative estimate of drug-likeness (QED) is 0.206. The second-order valence-corrected chi connectivity index (χ2v) is 3.60. The van der Waals surface area contributed by atoms with E-state index in [9.17, 15) is 0 Å². The molecule has 8 N–H and O–H groups in total. The summed E-state index contributed by atoms with van der Waals surface area (Å²) in [7, 11) is -9.22. The van der Waals surface area contributed by atoms with Gasteiger partial charge >= 0.3 is 18.1 Å². The summed E-state index contributed by atoms with van der Waals surface area (Å²) in [5, 5.41) is 0. The van der Waals surface area contributed by atoms with E-state index >= 15 is 0 Å². The van der Waals surface area contributed by atoms with E-state index in [1.165, 1.54) is 0 Å². The van der Waals surface area contributed by atoms with Crippen molar-refractivity contribution >= 4 is 18.1 Å². The van der Waals surface area contributed by atoms with Crippen molar-refractivity contribution in [1.82, 2.24) is 0 Å². The molecule has 0 aromatic rings. The van der Waals surface area contributed by atoms with Gasteiger partial charge in [0.2, 0.25) is 0 Å². The molecule has 0 saturated carbocycles. The van der Waals surface area contributed by atoms with Gasteiger partial charge < -0.3 is 38.4 Å². The normalized spacial score (nSPS) is 10.9. The molecular weight excluding hydrogens is 292 g/mol. The molecule has 0 aliphatic rings. The van der Waals surface area contributed by atoms with Crippen LogP contribution in [0.2, 0.25) is 0 Å². The van der Waals surface area contributed by atoms with Crippen molar-refractivity contribution in [2.45, 2.75) is 0 Å². The van der Waals surface area contributed by atoms with E-state index in [1.807, 2.05) is 0 Å². The Morgan fingerprint density at radius 2 is 0.455 bits per heavy atom. The second-order valence-electron chi connectivity index (χ2n) is 1.20. The van der Waals surface area contributed by atoms with E-state index in [4.69, 9.17) is 38.4 Å². The molecule has 0 atom stereocenters. The van der Waals surface area contributed by atoms with Gasteiger partial charge in [0.1, 0.15) is 0 Å². The van der Waals surface area contributed by atoms with E-state index in [0.29, 0.717) is 0 Å². The van der Waals surface area contributed by atoms with Crippen LogP contribution in [0.3, 0.4) is 0 Å². The molecule has 1 radical (unpaired) electrons. The standard InChI is InChI=1S/Ag.2H4O4Si/c;2*1-5(2,3)4/h;2*1-4H. The van der Waals surface area contributed by atoms with Crippen molar-refractivity contribution < 1.29 is 60.7 Å². The van der Waals surface area contributed by atoms with Crippen molar-refractivity contribution in [2.75, 3.05) is 0 Å². The van der Waals surface area contributed by atoms with Crippen LogP contribution >= 0.6 is 0 Å². The molecule has 0 aromatic carbocycles. The maximum Gasteiger partial charge on any atom is 0.668 e. The summed E-state index contributed by atoms with van der Waals surface area (Å²) in [4.78, 5) is 58.6. The van der Waals surface area contributed by atoms with E-state index in [1.54, 1.807) is 0 Å². The van der Waals surface area contributed by atoms with Crippen LogP contribution < -0.4 is 0 Å². The van der Waals surface area contributed by atoms with Crippen LogP contribution in [0.1, 0.15) is 0 Å². The van der Waals surface area contributed by atoms with Crippen LogP contribution in [0.25, 0.3) is 0 Å². The molecule has 0 aromatic heterocycles. The van der Waals surface area contributed by atoms with E-state index in [2.05, 4.69) is 0 Å². The van der Waals surface area contributed by atoms with Crippen LogP contribution in [0, 0.1) is 0 Å². The molecule has 0 spiro atoms. The fourth-order valence-electron chi connectivity index (χ4n) is 0. The average molecular weight is 300 g/mol. The summed E-state index contributed by atoms with van der Waals surface area (Å²) in [5.74, 6) is 0. The Labute approximate surface area is 79.1 Å². The maximum atomic E-state index is 7.33. The minimum Gasteiger partial charge on any atom is -0.368 e. The smallest absolute Gasteiger partial charge is 0.368 e. The molecule has 0 fully saturated rings. The van der Waals surface area contributed by atoms with Crippen LogP contribution in [-0.4, -0.2) is 56.5 Å². The number of hydrogen-bond donors (Lipinski definition) is 8. The molecule has 0 bridgehead atoms. The van der Waals surface area contributed by atoms with Crippen molar-refractivity contribution in [1.29, 1.82) is 0 Å². The summed E-state index contributed by atoms with van der Waals surface area (Å²) in [6, 6.07) is 0. The molecule has 8 nitrogen and oxygen atoms in total. The summed E-state index contributed by atoms with van der Waals surface area (Å²) in [6.45, 7) is 0. The zero-order chi connectivity index (χ0) is 9.00. The molecule has 75 valence electrons. The molecular formula is H8AgO8Si2. The molecule has 0 amide bonds. The zero-order valence-corrected chi connectivity index (χ0v) is 8.36. The van der Waals surface area contributed by atoms with Gasteiger partial charge in [-0.2, -0.15) is 0 Å². The largest absolute Gasteiger partial charge is 0.668 e. The first-order valence-electron chi connectivity index (χ1n) is 1.79. The monoisotopic (exact) mass is 299 g/mol. The van der Waals surface area contributed by atoms with Crippen LogP contribution in [-0.2, 0) is 22.4 Å². The second kappa shape index (κ2) is 6.38. The molecule has 0 aliphatic carbocycles. The van der Waals surface area contributed by atoms with Crippen LogP contribution in [0.5, 0.6) is 0 Å². The van der Waals surface area contributed by atoms with Gasteiger partial charge in [0.15, 0.2) is 0 Å². The third kappa shape index (κ3) is 1170. The van der Waals surface area contributed by atoms with Crippen LogP contribution in [0.4, 0.5) is 0 Å². The van der Waals surface area contributed by atoms with Gasteiger partial charge in [-0.3, -0.25) is 0 Å². The molecule has 11 heavy (non-hydrogen) atoms. The Morgan fingerprint density at radius 1 is 0.455 bits per heavy atom. The number of hydrogen-bond acceptors (Lipinski definition) is 8. The SMILES string of the molecule is O[Si](O)(O)O.O[Si](O)(O)O.[Ag]. The van der Waals surface area contributed by atoms with E-state index < -0.39 is 18.1 Å². The van der Waals surface area contributed by atoms with E-state index in [0.717, 1.165) is 0 Å². The molecule has 0 unspecified atom stereocenters. The van der Waals surface area contributed by atoms with Gasteiger partial charge in [0.25, 0.3) is 0 Å². The van der Waals surface area contributed by atoms with Crippen LogP contribution in [0.15, 0.2) is 0 Å².